The van der Waals surface area contributed by atoms with Gasteiger partial charge in [0, 0.05) is 19.3 Å². The zero-order valence-corrected chi connectivity index (χ0v) is 9.92. The summed E-state index contributed by atoms with van der Waals surface area (Å²) in [6.45, 7) is 1.38. The first-order valence-corrected chi connectivity index (χ1v) is 5.20. The molecule has 0 saturated heterocycles. The van der Waals surface area contributed by atoms with E-state index in [9.17, 15) is 4.79 Å². The molecule has 0 radical (unpaired) electrons. The fourth-order valence-corrected chi connectivity index (χ4v) is 1.17. The second kappa shape index (κ2) is 6.59. The monoisotopic (exact) mass is 236 g/mol. The van der Waals surface area contributed by atoms with E-state index in [1.807, 2.05) is 19.0 Å². The summed E-state index contributed by atoms with van der Waals surface area (Å²) in [4.78, 5) is 17.6. The van der Waals surface area contributed by atoms with Gasteiger partial charge in [0.1, 0.15) is 0 Å². The van der Waals surface area contributed by atoms with Gasteiger partial charge in [-0.3, -0.25) is 9.78 Å². The van der Waals surface area contributed by atoms with E-state index in [1.54, 1.807) is 12.1 Å². The highest BCUT2D eigenvalue weighted by Gasteiger charge is 2.04. The fourth-order valence-electron chi connectivity index (χ4n) is 1.17. The number of carbonyl (C=O) groups excluding carboxylic acids is 1. The van der Waals surface area contributed by atoms with Crippen molar-refractivity contribution in [3.05, 3.63) is 29.6 Å². The Morgan fingerprint density at radius 1 is 1.59 bits per heavy atom. The highest BCUT2D eigenvalue weighted by Crippen LogP contribution is 1.98. The van der Waals surface area contributed by atoms with Gasteiger partial charge in [-0.15, -0.1) is 0 Å². The van der Waals surface area contributed by atoms with E-state index in [-0.39, 0.29) is 5.91 Å². The minimum absolute atomic E-state index is 0.160. The predicted octanol–water partition coefficient (Wildman–Crippen LogP) is 0.181. The van der Waals surface area contributed by atoms with E-state index < -0.39 is 0 Å². The molecule has 0 aromatic carbocycles. The van der Waals surface area contributed by atoms with Crippen molar-refractivity contribution in [1.82, 2.24) is 15.2 Å². The number of nitrogens with zero attached hydrogens (tertiary/aromatic N) is 3. The van der Waals surface area contributed by atoms with Crippen molar-refractivity contribution in [1.29, 1.82) is 0 Å². The summed E-state index contributed by atoms with van der Waals surface area (Å²) in [6.07, 6.45) is 2.65. The van der Waals surface area contributed by atoms with Gasteiger partial charge in [-0.2, -0.15) is 0 Å². The van der Waals surface area contributed by atoms with Crippen molar-refractivity contribution >= 4 is 12.1 Å². The lowest BCUT2D eigenvalue weighted by atomic mass is 10.2. The number of hydrogen-bond donors (Lipinski definition) is 2. The van der Waals surface area contributed by atoms with E-state index in [0.29, 0.717) is 17.8 Å². The zero-order chi connectivity index (χ0) is 12.7. The lowest BCUT2D eigenvalue weighted by Crippen LogP contribution is -2.31. The molecule has 0 bridgehead atoms. The molecule has 92 valence electrons. The maximum atomic E-state index is 11.6. The highest BCUT2D eigenvalue weighted by molar-refractivity contribution is 5.94. The minimum Gasteiger partial charge on any atom is -0.411 e. The van der Waals surface area contributed by atoms with Crippen LogP contribution in [-0.2, 0) is 0 Å². The summed E-state index contributed by atoms with van der Waals surface area (Å²) >= 11 is 0. The average molecular weight is 236 g/mol. The number of amides is 1. The van der Waals surface area contributed by atoms with Gasteiger partial charge in [-0.1, -0.05) is 5.16 Å². The lowest BCUT2D eigenvalue weighted by Gasteiger charge is -2.10. The predicted molar refractivity (Wildman–Crippen MR) is 64.5 cm³/mol. The Hall–Kier alpha value is -1.95. The van der Waals surface area contributed by atoms with Crippen LogP contribution in [0.4, 0.5) is 0 Å². The van der Waals surface area contributed by atoms with Crippen LogP contribution in [0.2, 0.25) is 0 Å². The van der Waals surface area contributed by atoms with Crippen molar-refractivity contribution in [2.24, 2.45) is 5.16 Å². The van der Waals surface area contributed by atoms with Gasteiger partial charge in [0.05, 0.1) is 17.5 Å². The molecule has 1 aromatic rings. The molecule has 6 nitrogen and oxygen atoms in total. The summed E-state index contributed by atoms with van der Waals surface area (Å²) in [6, 6.07) is 3.25. The molecule has 17 heavy (non-hydrogen) atoms. The highest BCUT2D eigenvalue weighted by atomic mass is 16.4. The quantitative estimate of drug-likeness (QED) is 0.434. The number of carbonyl (C=O) groups is 1. The van der Waals surface area contributed by atoms with E-state index in [2.05, 4.69) is 15.5 Å². The number of rotatable bonds is 5. The van der Waals surface area contributed by atoms with E-state index in [1.165, 1.54) is 12.4 Å². The Kier molecular flexibility index (Phi) is 5.09. The largest absolute Gasteiger partial charge is 0.411 e. The van der Waals surface area contributed by atoms with Crippen LogP contribution in [-0.4, -0.2) is 54.4 Å². The summed E-state index contributed by atoms with van der Waals surface area (Å²) in [5.74, 6) is -0.160. The van der Waals surface area contributed by atoms with Crippen molar-refractivity contribution in [2.75, 3.05) is 27.2 Å². The normalized spacial score (nSPS) is 11.0. The molecule has 0 unspecified atom stereocenters. The topological polar surface area (TPSA) is 77.8 Å². The van der Waals surface area contributed by atoms with Gasteiger partial charge in [-0.05, 0) is 26.2 Å². The number of pyridine rings is 1. The van der Waals surface area contributed by atoms with E-state index >= 15 is 0 Å². The molecule has 1 heterocycles. The third-order valence-electron chi connectivity index (χ3n) is 2.08. The van der Waals surface area contributed by atoms with Gasteiger partial charge in [-0.25, -0.2) is 0 Å². The second-order valence-corrected chi connectivity index (χ2v) is 3.78. The summed E-state index contributed by atoms with van der Waals surface area (Å²) in [5, 5.41) is 13.9. The van der Waals surface area contributed by atoms with Crippen LogP contribution in [0.1, 0.15) is 16.1 Å². The molecule has 0 fully saturated rings. The SMILES string of the molecule is CN(C)CCNC(=O)c1ccc(/C=N\O)nc1. The second-order valence-electron chi connectivity index (χ2n) is 3.78. The fraction of sp³-hybridized carbons (Fsp3) is 0.364. The number of likely N-dealkylation sites (N-methyl/N-ethyl adjacent to an activating group) is 1. The Morgan fingerprint density at radius 3 is 2.88 bits per heavy atom. The number of aromatic nitrogens is 1. The smallest absolute Gasteiger partial charge is 0.252 e. The van der Waals surface area contributed by atoms with Crippen molar-refractivity contribution in [3.8, 4) is 0 Å². The van der Waals surface area contributed by atoms with Crippen LogP contribution in [0.25, 0.3) is 0 Å². The van der Waals surface area contributed by atoms with Crippen LogP contribution in [0.5, 0.6) is 0 Å². The van der Waals surface area contributed by atoms with Crippen molar-refractivity contribution in [2.45, 2.75) is 0 Å². The standard InChI is InChI=1S/C11H16N4O2/c1-15(2)6-5-12-11(16)9-3-4-10(8-14-17)13-7-9/h3-4,7-8,17H,5-6H2,1-2H3,(H,12,16)/b14-8-. The first-order valence-electron chi connectivity index (χ1n) is 5.20. The molecule has 0 aliphatic carbocycles. The molecule has 1 amide bonds. The average Bonchev–Trinajstić information content (AvgIpc) is 2.30. The molecule has 0 aliphatic rings. The van der Waals surface area contributed by atoms with Crippen LogP contribution in [0, 0.1) is 0 Å². The minimum atomic E-state index is -0.160. The maximum Gasteiger partial charge on any atom is 0.252 e. The van der Waals surface area contributed by atoms with Crippen LogP contribution < -0.4 is 5.32 Å². The molecule has 0 aliphatic heterocycles. The summed E-state index contributed by atoms with van der Waals surface area (Å²) in [7, 11) is 3.88. The van der Waals surface area contributed by atoms with Gasteiger partial charge >= 0.3 is 0 Å². The molecular formula is C11H16N4O2. The van der Waals surface area contributed by atoms with E-state index in [4.69, 9.17) is 5.21 Å². The van der Waals surface area contributed by atoms with Gasteiger partial charge in [0.25, 0.3) is 5.91 Å². The Labute approximate surface area is 100.0 Å². The summed E-state index contributed by atoms with van der Waals surface area (Å²) in [5.41, 5.74) is 0.983. The number of nitrogens with one attached hydrogen (secondary N) is 1. The number of hydrogen-bond acceptors (Lipinski definition) is 5. The molecule has 1 aromatic heterocycles. The van der Waals surface area contributed by atoms with Crippen LogP contribution in [0.15, 0.2) is 23.5 Å². The molecular weight excluding hydrogens is 220 g/mol. The third kappa shape index (κ3) is 4.60. The summed E-state index contributed by atoms with van der Waals surface area (Å²) < 4.78 is 0. The first-order chi connectivity index (χ1) is 8.13. The maximum absolute atomic E-state index is 11.6. The Balaban J connectivity index is 2.51. The lowest BCUT2D eigenvalue weighted by molar-refractivity contribution is 0.0950. The Bertz CT molecular complexity index is 387. The van der Waals surface area contributed by atoms with Crippen LogP contribution in [0.3, 0.4) is 0 Å². The molecule has 0 spiro atoms. The zero-order valence-electron chi connectivity index (χ0n) is 9.92. The first kappa shape index (κ1) is 13.1. The molecule has 6 heteroatoms. The van der Waals surface area contributed by atoms with Gasteiger partial charge < -0.3 is 15.4 Å². The van der Waals surface area contributed by atoms with Crippen molar-refractivity contribution in [3.63, 3.8) is 0 Å². The van der Waals surface area contributed by atoms with Gasteiger partial charge in [0.2, 0.25) is 0 Å². The van der Waals surface area contributed by atoms with Gasteiger partial charge in [0.15, 0.2) is 0 Å². The Morgan fingerprint density at radius 2 is 2.35 bits per heavy atom. The van der Waals surface area contributed by atoms with E-state index in [0.717, 1.165) is 6.54 Å². The van der Waals surface area contributed by atoms with Crippen molar-refractivity contribution < 1.29 is 10.0 Å². The molecule has 1 rings (SSSR count). The number of oxime groups is 1. The molecule has 0 saturated carbocycles. The molecule has 0 atom stereocenters. The third-order valence-corrected chi connectivity index (χ3v) is 2.08. The molecule has 2 N–H and O–H groups in total. The van der Waals surface area contributed by atoms with Crippen LogP contribution >= 0.6 is 0 Å².